The van der Waals surface area contributed by atoms with Crippen molar-refractivity contribution in [2.75, 3.05) is 13.2 Å². The van der Waals surface area contributed by atoms with Crippen LogP contribution in [0.5, 0.6) is 11.5 Å². The van der Waals surface area contributed by atoms with Crippen LogP contribution in [0.1, 0.15) is 58.9 Å². The van der Waals surface area contributed by atoms with Gasteiger partial charge in [0.2, 0.25) is 5.91 Å². The first-order chi connectivity index (χ1) is 16.8. The normalized spacial score (nSPS) is 14.5. The summed E-state index contributed by atoms with van der Waals surface area (Å²) in [6, 6.07) is 5.38. The Hall–Kier alpha value is -3.00. The summed E-state index contributed by atoms with van der Waals surface area (Å²) in [5.74, 6) is 1.48. The maximum absolute atomic E-state index is 12.5. The standard InChI is InChI=1S/C28H38F3NO4/c1-7-9-16-27(6,19-33)36-25-14-13-24(17-20(25)3)35-22(5)11-15-26(34)32-18-23(8-2)12-10-21(4)28(29,30)31/h8,10-14,17,33H,4,7,9,15-16,18-19H2,1-3,5-6H3,(H,32,34)/b12-10-,22-11+,23-8+. The van der Waals surface area contributed by atoms with Crippen molar-refractivity contribution in [3.05, 3.63) is 71.6 Å². The van der Waals surface area contributed by atoms with Crippen molar-refractivity contribution in [1.82, 2.24) is 5.32 Å². The van der Waals surface area contributed by atoms with Crippen LogP contribution in [0.15, 0.2) is 66.0 Å². The van der Waals surface area contributed by atoms with Gasteiger partial charge in [0.15, 0.2) is 0 Å². The average Bonchev–Trinajstić information content (AvgIpc) is 2.82. The number of aryl methyl sites for hydroxylation is 1. The third-order valence-electron chi connectivity index (χ3n) is 5.47. The second-order valence-corrected chi connectivity index (χ2v) is 8.86. The monoisotopic (exact) mass is 509 g/mol. The molecule has 0 aliphatic heterocycles. The molecule has 0 bridgehead atoms. The first-order valence-corrected chi connectivity index (χ1v) is 11.9. The molecule has 36 heavy (non-hydrogen) atoms. The molecule has 0 heterocycles. The number of rotatable bonds is 14. The lowest BCUT2D eigenvalue weighted by Crippen LogP contribution is -2.36. The van der Waals surface area contributed by atoms with E-state index < -0.39 is 17.4 Å². The quantitative estimate of drug-likeness (QED) is 0.216. The molecule has 2 N–H and O–H groups in total. The molecular formula is C28H38F3NO4. The van der Waals surface area contributed by atoms with Crippen molar-refractivity contribution in [2.24, 2.45) is 0 Å². The van der Waals surface area contributed by atoms with E-state index in [-0.39, 0.29) is 25.5 Å². The van der Waals surface area contributed by atoms with E-state index in [0.29, 0.717) is 22.8 Å². The molecule has 0 saturated heterocycles. The van der Waals surface area contributed by atoms with Gasteiger partial charge in [-0.3, -0.25) is 4.79 Å². The molecular weight excluding hydrogens is 471 g/mol. The number of unbranched alkanes of at least 4 members (excludes halogenated alkanes) is 1. The Kier molecular flexibility index (Phi) is 12.5. The molecule has 1 amide bonds. The largest absolute Gasteiger partial charge is 0.485 e. The van der Waals surface area contributed by atoms with Gasteiger partial charge in [-0.1, -0.05) is 38.2 Å². The van der Waals surface area contributed by atoms with E-state index in [1.807, 2.05) is 19.9 Å². The first kappa shape index (κ1) is 31.0. The number of aliphatic hydroxyl groups excluding tert-OH is 1. The number of benzene rings is 1. The maximum atomic E-state index is 12.5. The highest BCUT2D eigenvalue weighted by Crippen LogP contribution is 2.29. The molecule has 5 nitrogen and oxygen atoms in total. The maximum Gasteiger partial charge on any atom is 0.415 e. The first-order valence-electron chi connectivity index (χ1n) is 11.9. The van der Waals surface area contributed by atoms with Gasteiger partial charge in [0, 0.05) is 18.5 Å². The summed E-state index contributed by atoms with van der Waals surface area (Å²) in [6.07, 6.45) is 3.68. The summed E-state index contributed by atoms with van der Waals surface area (Å²) in [7, 11) is 0. The van der Waals surface area contributed by atoms with E-state index in [9.17, 15) is 23.1 Å². The van der Waals surface area contributed by atoms with Crippen LogP contribution >= 0.6 is 0 Å². The molecule has 0 saturated carbocycles. The molecule has 1 atom stereocenters. The minimum Gasteiger partial charge on any atom is -0.485 e. The van der Waals surface area contributed by atoms with E-state index >= 15 is 0 Å². The van der Waals surface area contributed by atoms with E-state index in [1.165, 1.54) is 6.08 Å². The number of halogens is 3. The van der Waals surface area contributed by atoms with Crippen LogP contribution in [-0.4, -0.2) is 35.9 Å². The van der Waals surface area contributed by atoms with Gasteiger partial charge in [0.05, 0.1) is 12.4 Å². The fourth-order valence-electron chi connectivity index (χ4n) is 3.07. The summed E-state index contributed by atoms with van der Waals surface area (Å²) < 4.78 is 49.5. The fraction of sp³-hybridized carbons (Fsp3) is 0.464. The van der Waals surface area contributed by atoms with Gasteiger partial charge in [-0.2, -0.15) is 13.2 Å². The average molecular weight is 510 g/mol. The molecule has 8 heteroatoms. The van der Waals surface area contributed by atoms with Crippen LogP contribution < -0.4 is 14.8 Å². The predicted molar refractivity (Wildman–Crippen MR) is 137 cm³/mol. The van der Waals surface area contributed by atoms with E-state index in [2.05, 4.69) is 18.8 Å². The van der Waals surface area contributed by atoms with Gasteiger partial charge in [0.1, 0.15) is 17.1 Å². The van der Waals surface area contributed by atoms with Crippen molar-refractivity contribution in [3.63, 3.8) is 0 Å². The molecule has 1 aromatic carbocycles. The van der Waals surface area contributed by atoms with Crippen molar-refractivity contribution in [1.29, 1.82) is 0 Å². The number of carbonyl (C=O) groups is 1. The van der Waals surface area contributed by atoms with Crippen LogP contribution in [0.4, 0.5) is 13.2 Å². The van der Waals surface area contributed by atoms with Gasteiger partial charge in [-0.15, -0.1) is 0 Å². The van der Waals surface area contributed by atoms with Crippen LogP contribution in [0.25, 0.3) is 0 Å². The topological polar surface area (TPSA) is 67.8 Å². The van der Waals surface area contributed by atoms with Crippen molar-refractivity contribution < 1.29 is 32.5 Å². The lowest BCUT2D eigenvalue weighted by atomic mass is 9.99. The highest BCUT2D eigenvalue weighted by atomic mass is 19.4. The van der Waals surface area contributed by atoms with Gasteiger partial charge in [-0.05, 0) is 75.9 Å². The molecule has 0 fully saturated rings. The van der Waals surface area contributed by atoms with E-state index in [4.69, 9.17) is 9.47 Å². The number of carbonyl (C=O) groups excluding carboxylic acids is 1. The molecule has 0 aliphatic carbocycles. The summed E-state index contributed by atoms with van der Waals surface area (Å²) in [4.78, 5) is 12.2. The third-order valence-corrected chi connectivity index (χ3v) is 5.47. The van der Waals surface area contributed by atoms with Crippen molar-refractivity contribution in [3.8, 4) is 11.5 Å². The van der Waals surface area contributed by atoms with E-state index in [1.54, 1.807) is 38.1 Å². The number of ether oxygens (including phenoxy) is 2. The number of aliphatic hydroxyl groups is 1. The summed E-state index contributed by atoms with van der Waals surface area (Å²) in [6.45, 7) is 12.3. The fourth-order valence-corrected chi connectivity index (χ4v) is 3.07. The lowest BCUT2D eigenvalue weighted by molar-refractivity contribution is -0.120. The summed E-state index contributed by atoms with van der Waals surface area (Å²) in [5.41, 5.74) is -0.233. The molecule has 0 spiro atoms. The Morgan fingerprint density at radius 2 is 1.94 bits per heavy atom. The second kappa shape index (κ2) is 14.5. The highest BCUT2D eigenvalue weighted by molar-refractivity contribution is 5.77. The molecule has 0 radical (unpaired) electrons. The second-order valence-electron chi connectivity index (χ2n) is 8.86. The van der Waals surface area contributed by atoms with Crippen molar-refractivity contribution in [2.45, 2.75) is 72.1 Å². The number of hydrogen-bond acceptors (Lipinski definition) is 4. The number of allylic oxidation sites excluding steroid dienone is 4. The van der Waals surface area contributed by atoms with Gasteiger partial charge in [-0.25, -0.2) is 0 Å². The molecule has 1 aromatic rings. The Balaban J connectivity index is 2.64. The Morgan fingerprint density at radius 1 is 1.25 bits per heavy atom. The zero-order valence-corrected chi connectivity index (χ0v) is 21.8. The zero-order valence-electron chi connectivity index (χ0n) is 21.8. The van der Waals surface area contributed by atoms with E-state index in [0.717, 1.165) is 30.9 Å². The molecule has 1 rings (SSSR count). The lowest BCUT2D eigenvalue weighted by Gasteiger charge is -2.29. The van der Waals surface area contributed by atoms with Crippen LogP contribution in [0, 0.1) is 6.92 Å². The Morgan fingerprint density at radius 3 is 2.50 bits per heavy atom. The third kappa shape index (κ3) is 11.2. The number of hydrogen-bond donors (Lipinski definition) is 2. The van der Waals surface area contributed by atoms with Crippen molar-refractivity contribution >= 4 is 5.91 Å². The number of nitrogens with one attached hydrogen (secondary N) is 1. The Bertz CT molecular complexity index is 979. The molecule has 0 aromatic heterocycles. The van der Waals surface area contributed by atoms with Gasteiger partial charge >= 0.3 is 6.18 Å². The predicted octanol–water partition coefficient (Wildman–Crippen LogP) is 6.72. The minimum atomic E-state index is -4.48. The highest BCUT2D eigenvalue weighted by Gasteiger charge is 2.29. The summed E-state index contributed by atoms with van der Waals surface area (Å²) in [5, 5.41) is 12.4. The smallest absolute Gasteiger partial charge is 0.415 e. The minimum absolute atomic E-state index is 0.0499. The number of amides is 1. The van der Waals surface area contributed by atoms with Crippen LogP contribution in [0.3, 0.4) is 0 Å². The Labute approximate surface area is 212 Å². The van der Waals surface area contributed by atoms with Gasteiger partial charge < -0.3 is 19.9 Å². The molecule has 200 valence electrons. The zero-order chi connectivity index (χ0) is 27.4. The SMILES string of the molecule is C=C(/C=C\C(=C/C)CNC(=O)C/C=C(\C)Oc1ccc(OC(C)(CO)CCCC)c(C)c1)C(F)(F)F. The van der Waals surface area contributed by atoms with Gasteiger partial charge in [0.25, 0.3) is 0 Å². The molecule has 0 aliphatic rings. The number of alkyl halides is 3. The molecule has 1 unspecified atom stereocenters. The van der Waals surface area contributed by atoms with Crippen LogP contribution in [0.2, 0.25) is 0 Å². The van der Waals surface area contributed by atoms with Crippen LogP contribution in [-0.2, 0) is 4.79 Å². The summed E-state index contributed by atoms with van der Waals surface area (Å²) >= 11 is 0.